The molecule has 0 bridgehead atoms. The zero-order chi connectivity index (χ0) is 34.6. The first kappa shape index (κ1) is 42.0. The quantitative estimate of drug-likeness (QED) is 0.0802. The highest BCUT2D eigenvalue weighted by Gasteiger charge is 2.16. The molecule has 0 radical (unpaired) electrons. The van der Waals surface area contributed by atoms with E-state index in [2.05, 4.69) is 30.7 Å². The van der Waals surface area contributed by atoms with Crippen LogP contribution in [0, 0.1) is 5.92 Å². The third kappa shape index (κ3) is 25.8. The third-order valence-corrected chi connectivity index (χ3v) is 8.80. The van der Waals surface area contributed by atoms with Crippen LogP contribution in [-0.4, -0.2) is 96.4 Å². The lowest BCUT2D eigenvalue weighted by Gasteiger charge is -2.09. The first-order chi connectivity index (χ1) is 22.6. The summed E-state index contributed by atoms with van der Waals surface area (Å²) in [7, 11) is -3.79. The number of unbranched alkanes of at least 4 members (excludes halogenated alkanes) is 12. The Labute approximate surface area is 279 Å². The van der Waals surface area contributed by atoms with Gasteiger partial charge in [-0.25, -0.2) is 8.42 Å². The molecule has 1 aromatic heterocycles. The van der Waals surface area contributed by atoms with Crippen molar-refractivity contribution in [2.75, 3.05) is 38.7 Å². The zero-order valence-electron chi connectivity index (χ0n) is 28.0. The number of nitrogens with one attached hydrogen (secondary N) is 3. The Morgan fingerprint density at radius 3 is 1.96 bits per heavy atom. The zero-order valence-corrected chi connectivity index (χ0v) is 28.8. The summed E-state index contributed by atoms with van der Waals surface area (Å²) in [6.45, 7) is 2.05. The molecule has 1 aromatic rings. The van der Waals surface area contributed by atoms with Gasteiger partial charge in [-0.15, -0.1) is 10.2 Å². The van der Waals surface area contributed by atoms with E-state index >= 15 is 0 Å². The van der Waals surface area contributed by atoms with Crippen molar-refractivity contribution in [3.05, 3.63) is 5.82 Å². The number of hydrogen-bond donors (Lipinski definition) is 4. The van der Waals surface area contributed by atoms with Crippen molar-refractivity contribution in [3.8, 4) is 0 Å². The Balaban J connectivity index is 1.88. The number of carboxylic acid groups (broad SMARTS) is 1. The number of ketones is 1. The minimum atomic E-state index is -3.79. The average Bonchev–Trinajstić information content (AvgIpc) is 3.53. The van der Waals surface area contributed by atoms with Crippen LogP contribution in [0.25, 0.3) is 0 Å². The van der Waals surface area contributed by atoms with Gasteiger partial charge in [-0.05, 0) is 19.3 Å². The molecule has 270 valence electrons. The van der Waals surface area contributed by atoms with E-state index < -0.39 is 27.8 Å². The van der Waals surface area contributed by atoms with Crippen molar-refractivity contribution < 1.29 is 42.2 Å². The van der Waals surface area contributed by atoms with E-state index in [0.29, 0.717) is 6.42 Å². The minimum absolute atomic E-state index is 0.00134. The Hall–Kier alpha value is -2.98. The van der Waals surface area contributed by atoms with Crippen LogP contribution in [0.1, 0.15) is 122 Å². The predicted molar refractivity (Wildman–Crippen MR) is 175 cm³/mol. The number of Topliss-reactive ketones (excluding diaryl/α,β-unsaturated/α-hetero) is 1. The van der Waals surface area contributed by atoms with Crippen LogP contribution < -0.4 is 10.0 Å². The van der Waals surface area contributed by atoms with Gasteiger partial charge in [-0.3, -0.25) is 23.9 Å². The van der Waals surface area contributed by atoms with Gasteiger partial charge in [0.1, 0.15) is 6.61 Å². The molecule has 15 nitrogen and oxygen atoms in total. The SMILES string of the molecule is C[C@H](CC(=O)COCCOCCNC(=O)CCCS(=O)(=O)NC(=O)CCCCCCCCCCCCCCCc1nn[nH]n1)C(=O)O. The first-order valence-corrected chi connectivity index (χ1v) is 18.7. The molecule has 47 heavy (non-hydrogen) atoms. The number of amides is 2. The van der Waals surface area contributed by atoms with Gasteiger partial charge in [0, 0.05) is 32.2 Å². The van der Waals surface area contributed by atoms with Gasteiger partial charge < -0.3 is 19.9 Å². The Kier molecular flexibility index (Phi) is 24.2. The lowest BCUT2D eigenvalue weighted by Crippen LogP contribution is -2.33. The van der Waals surface area contributed by atoms with E-state index in [9.17, 15) is 27.6 Å². The fourth-order valence-corrected chi connectivity index (χ4v) is 5.82. The highest BCUT2D eigenvalue weighted by molar-refractivity contribution is 7.90. The Morgan fingerprint density at radius 1 is 0.787 bits per heavy atom. The number of aliphatic carboxylic acids is 1. The molecule has 1 atom stereocenters. The molecule has 2 amide bonds. The molecule has 0 aliphatic rings. The third-order valence-electron chi connectivity index (χ3n) is 7.44. The Morgan fingerprint density at radius 2 is 1.36 bits per heavy atom. The number of carboxylic acids is 1. The van der Waals surface area contributed by atoms with Gasteiger partial charge in [0.25, 0.3) is 0 Å². The van der Waals surface area contributed by atoms with Gasteiger partial charge in [0.15, 0.2) is 11.6 Å². The van der Waals surface area contributed by atoms with Crippen molar-refractivity contribution >= 4 is 33.6 Å². The molecule has 1 rings (SSSR count). The Bertz CT molecular complexity index is 1100. The number of ether oxygens (including phenoxy) is 2. The first-order valence-electron chi connectivity index (χ1n) is 17.0. The van der Waals surface area contributed by atoms with Crippen LogP contribution in [0.5, 0.6) is 0 Å². The largest absolute Gasteiger partial charge is 0.481 e. The van der Waals surface area contributed by atoms with Crippen LogP contribution in [0.4, 0.5) is 0 Å². The summed E-state index contributed by atoms with van der Waals surface area (Å²) in [4.78, 5) is 46.3. The van der Waals surface area contributed by atoms with E-state index in [0.717, 1.165) is 37.9 Å². The molecule has 0 fully saturated rings. The number of rotatable bonds is 32. The van der Waals surface area contributed by atoms with Gasteiger partial charge >= 0.3 is 5.97 Å². The summed E-state index contributed by atoms with van der Waals surface area (Å²) >= 11 is 0. The summed E-state index contributed by atoms with van der Waals surface area (Å²) in [6.07, 6.45) is 15.7. The number of tetrazole rings is 1. The lowest BCUT2D eigenvalue weighted by molar-refractivity contribution is -0.143. The summed E-state index contributed by atoms with van der Waals surface area (Å²) < 4.78 is 36.9. The van der Waals surface area contributed by atoms with Crippen molar-refractivity contribution in [1.82, 2.24) is 30.7 Å². The summed E-state index contributed by atoms with van der Waals surface area (Å²) in [5, 5.41) is 25.4. The van der Waals surface area contributed by atoms with Crippen molar-refractivity contribution in [3.63, 3.8) is 0 Å². The number of aromatic amines is 1. The van der Waals surface area contributed by atoms with E-state index in [4.69, 9.17) is 14.6 Å². The fourth-order valence-electron chi connectivity index (χ4n) is 4.74. The van der Waals surface area contributed by atoms with Crippen molar-refractivity contribution in [1.29, 1.82) is 0 Å². The second kappa shape index (κ2) is 27.0. The highest BCUT2D eigenvalue weighted by Crippen LogP contribution is 2.13. The van der Waals surface area contributed by atoms with Crippen LogP contribution in [0.2, 0.25) is 0 Å². The van der Waals surface area contributed by atoms with Gasteiger partial charge in [0.05, 0.1) is 31.5 Å². The molecular weight excluding hydrogens is 632 g/mol. The maximum atomic E-state index is 12.2. The number of sulfonamides is 1. The topological polar surface area (TPSA) is 220 Å². The molecule has 1 heterocycles. The number of H-pyrrole nitrogens is 1. The maximum Gasteiger partial charge on any atom is 0.306 e. The van der Waals surface area contributed by atoms with Gasteiger partial charge in [0.2, 0.25) is 21.8 Å². The van der Waals surface area contributed by atoms with E-state index in [1.54, 1.807) is 0 Å². The van der Waals surface area contributed by atoms with Crippen LogP contribution in [-0.2, 0) is 45.1 Å². The number of hydrogen-bond acceptors (Lipinski definition) is 11. The van der Waals surface area contributed by atoms with Crippen LogP contribution in [0.3, 0.4) is 0 Å². The monoisotopic (exact) mass is 688 g/mol. The smallest absolute Gasteiger partial charge is 0.306 e. The fraction of sp³-hybridized carbons (Fsp3) is 0.839. The standard InChI is InChI=1S/C31H56N6O9S/c1-26(31(41)42)24-27(38)25-46-22-21-45-20-19-32-29(39)18-15-23-47(43,44)35-30(40)17-14-12-10-8-6-4-2-3-5-7-9-11-13-16-28-33-36-37-34-28/h26H,2-25H2,1H3,(H,32,39)(H,35,40)(H,41,42)(H,33,34,36,37)/t26-/m1/s1. The number of aryl methyl sites for hydroxylation is 1. The van der Waals surface area contributed by atoms with Crippen LogP contribution in [0.15, 0.2) is 0 Å². The molecule has 16 heteroatoms. The van der Waals surface area contributed by atoms with Gasteiger partial charge in [-0.2, -0.15) is 5.21 Å². The number of carbonyl (C=O) groups is 4. The van der Waals surface area contributed by atoms with E-state index in [-0.39, 0.29) is 76.1 Å². The van der Waals surface area contributed by atoms with Crippen LogP contribution >= 0.6 is 0 Å². The van der Waals surface area contributed by atoms with Gasteiger partial charge in [-0.1, -0.05) is 82.8 Å². The number of carbonyl (C=O) groups excluding carboxylic acids is 3. The minimum Gasteiger partial charge on any atom is -0.481 e. The second-order valence-electron chi connectivity index (χ2n) is 11.9. The summed E-state index contributed by atoms with van der Waals surface area (Å²) in [6, 6.07) is 0. The molecule has 0 aromatic carbocycles. The van der Waals surface area contributed by atoms with E-state index in [1.165, 1.54) is 58.3 Å². The molecular formula is C31H56N6O9S. The molecule has 0 unspecified atom stereocenters. The lowest BCUT2D eigenvalue weighted by atomic mass is 10.0. The molecule has 0 saturated heterocycles. The number of nitrogens with zero attached hydrogens (tertiary/aromatic N) is 3. The molecule has 0 saturated carbocycles. The molecule has 0 aliphatic carbocycles. The van der Waals surface area contributed by atoms with Crippen molar-refractivity contribution in [2.45, 2.75) is 122 Å². The van der Waals surface area contributed by atoms with Crippen molar-refractivity contribution in [2.24, 2.45) is 5.92 Å². The number of aromatic nitrogens is 4. The molecule has 0 spiro atoms. The molecule has 0 aliphatic heterocycles. The van der Waals surface area contributed by atoms with E-state index in [1.807, 2.05) is 0 Å². The summed E-state index contributed by atoms with van der Waals surface area (Å²) in [5.41, 5.74) is 0. The predicted octanol–water partition coefficient (Wildman–Crippen LogP) is 3.26. The molecule has 4 N–H and O–H groups in total. The normalized spacial score (nSPS) is 12.1. The maximum absolute atomic E-state index is 12.2. The second-order valence-corrected chi connectivity index (χ2v) is 13.7. The average molecular weight is 689 g/mol. The highest BCUT2D eigenvalue weighted by atomic mass is 32.2. The summed E-state index contributed by atoms with van der Waals surface area (Å²) in [5.74, 6) is -2.45.